The van der Waals surface area contributed by atoms with E-state index in [1.807, 2.05) is 0 Å². The molecule has 0 spiro atoms. The fourth-order valence-electron chi connectivity index (χ4n) is 3.49. The second-order valence-electron chi connectivity index (χ2n) is 6.63. The van der Waals surface area contributed by atoms with Gasteiger partial charge in [-0.25, -0.2) is 0 Å². The van der Waals surface area contributed by atoms with Crippen molar-refractivity contribution in [1.29, 1.82) is 0 Å². The van der Waals surface area contributed by atoms with Crippen LogP contribution in [0.25, 0.3) is 0 Å². The van der Waals surface area contributed by atoms with Gasteiger partial charge in [-0.05, 0) is 0 Å². The summed E-state index contributed by atoms with van der Waals surface area (Å²) in [4.78, 5) is 71.9. The van der Waals surface area contributed by atoms with Crippen LogP contribution in [0.5, 0.6) is 0 Å². The zero-order chi connectivity index (χ0) is 24.1. The van der Waals surface area contributed by atoms with Crippen molar-refractivity contribution in [3.05, 3.63) is 0 Å². The quantitative estimate of drug-likeness (QED) is 0.168. The molecule has 2 heterocycles. The number of nitrogens with zero attached hydrogens (tertiary/aromatic N) is 2. The Kier molecular flexibility index (Phi) is 10.4. The fraction of sp³-hybridized carbons (Fsp3) is 0.538. The first-order chi connectivity index (χ1) is 13.9. The van der Waals surface area contributed by atoms with Gasteiger partial charge < -0.3 is 19.8 Å². The largest absolute Gasteiger partial charge is 1.00 e. The standard InChI is InChI=1S/C13H14N2O14S2.2Na/c16-7-1-5(30(24,25)26)11(22)14(7)13(3-9(18)19,4-10(20)21)15-8(17)2-6(12(15)23)31(27,28)29;;/h5-6H,1-4H2,(H,18,19)(H,20,21)(H,24,25,26)(H,27,28,29);;/q;2*+1/p-2. The normalized spacial score (nSPS) is 21.6. The van der Waals surface area contributed by atoms with Crippen LogP contribution < -0.4 is 69.3 Å². The molecule has 0 saturated carbocycles. The van der Waals surface area contributed by atoms with Gasteiger partial charge in [0.2, 0.25) is 11.8 Å². The smallest absolute Gasteiger partial charge is 0.550 e. The van der Waals surface area contributed by atoms with Crippen LogP contribution in [0, 0.1) is 0 Å². The van der Waals surface area contributed by atoms with E-state index in [2.05, 4.69) is 0 Å². The third-order valence-electron chi connectivity index (χ3n) is 4.62. The van der Waals surface area contributed by atoms with Crippen LogP contribution in [0.4, 0.5) is 0 Å². The summed E-state index contributed by atoms with van der Waals surface area (Å²) in [5.74, 6) is -11.5. The average Bonchev–Trinajstić information content (AvgIpc) is 3.01. The van der Waals surface area contributed by atoms with Crippen molar-refractivity contribution in [3.8, 4) is 0 Å². The molecule has 2 saturated heterocycles. The number of hydrogen-bond acceptors (Lipinski definition) is 12. The van der Waals surface area contributed by atoms with E-state index < -0.39 is 97.6 Å². The molecule has 2 fully saturated rings. The van der Waals surface area contributed by atoms with E-state index in [1.54, 1.807) is 0 Å². The number of carboxylic acids is 2. The summed E-state index contributed by atoms with van der Waals surface area (Å²) >= 11 is 0. The molecule has 0 aromatic rings. The van der Waals surface area contributed by atoms with Gasteiger partial charge in [-0.2, -0.15) is 16.8 Å². The minimum absolute atomic E-state index is 0. The number of imide groups is 2. The number of hydrogen-bond donors (Lipinski definition) is 2. The van der Waals surface area contributed by atoms with E-state index in [9.17, 15) is 55.8 Å². The first-order valence-electron chi connectivity index (χ1n) is 7.99. The van der Waals surface area contributed by atoms with Gasteiger partial charge in [-0.1, -0.05) is 0 Å². The van der Waals surface area contributed by atoms with Crippen molar-refractivity contribution in [2.24, 2.45) is 0 Å². The van der Waals surface area contributed by atoms with Gasteiger partial charge >= 0.3 is 59.1 Å². The Hall–Kier alpha value is -0.960. The molecule has 20 heteroatoms. The van der Waals surface area contributed by atoms with Gasteiger partial charge in [0.05, 0.1) is 12.8 Å². The maximum Gasteiger partial charge on any atom is 1.00 e. The Bertz CT molecular complexity index is 1030. The first-order valence-corrected chi connectivity index (χ1v) is 11.0. The second kappa shape index (κ2) is 10.8. The monoisotopic (exact) mass is 530 g/mol. The Morgan fingerprint density at radius 1 is 0.788 bits per heavy atom. The Morgan fingerprint density at radius 3 is 1.24 bits per heavy atom. The molecule has 0 aliphatic carbocycles. The summed E-state index contributed by atoms with van der Waals surface area (Å²) in [6.07, 6.45) is -6.16. The predicted octanol–water partition coefficient (Wildman–Crippen LogP) is -12.0. The van der Waals surface area contributed by atoms with Crippen LogP contribution in [0.2, 0.25) is 0 Å². The number of rotatable bonds is 8. The molecule has 2 N–H and O–H groups in total. The van der Waals surface area contributed by atoms with Crippen molar-refractivity contribution in [1.82, 2.24) is 9.80 Å². The Balaban J connectivity index is 0.00000512. The van der Waals surface area contributed by atoms with Crippen molar-refractivity contribution < 1.29 is 124 Å². The molecule has 4 amide bonds. The third kappa shape index (κ3) is 6.19. The third-order valence-corrected chi connectivity index (χ3v) is 6.79. The molecule has 16 nitrogen and oxygen atoms in total. The van der Waals surface area contributed by atoms with Gasteiger partial charge in [0.25, 0.3) is 32.1 Å². The summed E-state index contributed by atoms with van der Waals surface area (Å²) in [5, 5.41) is 17.6. The minimum atomic E-state index is -5.28. The van der Waals surface area contributed by atoms with Crippen molar-refractivity contribution in [3.63, 3.8) is 0 Å². The van der Waals surface area contributed by atoms with Crippen LogP contribution in [-0.4, -0.2) is 87.5 Å². The maximum atomic E-state index is 12.5. The van der Waals surface area contributed by atoms with Crippen LogP contribution in [-0.2, 0) is 49.0 Å². The van der Waals surface area contributed by atoms with E-state index >= 15 is 0 Å². The van der Waals surface area contributed by atoms with Crippen LogP contribution in [0.3, 0.4) is 0 Å². The Labute approximate surface area is 229 Å². The molecule has 33 heavy (non-hydrogen) atoms. The molecular weight excluding hydrogens is 518 g/mol. The van der Waals surface area contributed by atoms with Gasteiger partial charge in [0, 0.05) is 24.8 Å². The van der Waals surface area contributed by atoms with Crippen LogP contribution in [0.1, 0.15) is 25.7 Å². The molecular formula is C13H12N2Na2O14S2. The number of carbonyl (C=O) groups is 6. The number of carbonyl (C=O) groups excluding carboxylic acids is 6. The zero-order valence-corrected chi connectivity index (χ0v) is 22.6. The number of amides is 4. The van der Waals surface area contributed by atoms with Crippen LogP contribution >= 0.6 is 0 Å². The molecule has 2 aliphatic heterocycles. The summed E-state index contributed by atoms with van der Waals surface area (Å²) in [5.41, 5.74) is -3.32. The average molecular weight is 530 g/mol. The zero-order valence-electron chi connectivity index (χ0n) is 17.0. The fourth-order valence-corrected chi connectivity index (χ4v) is 4.92. The molecule has 172 valence electrons. The molecule has 0 radical (unpaired) electrons. The van der Waals surface area contributed by atoms with Gasteiger partial charge in [-0.15, -0.1) is 0 Å². The molecule has 0 aromatic heterocycles. The number of carboxylic acid groups (broad SMARTS) is 2. The van der Waals surface area contributed by atoms with E-state index in [0.717, 1.165) is 0 Å². The van der Waals surface area contributed by atoms with Crippen LogP contribution in [0.15, 0.2) is 0 Å². The molecule has 2 rings (SSSR count). The maximum absolute atomic E-state index is 12.5. The van der Waals surface area contributed by atoms with Gasteiger partial charge in [-0.3, -0.25) is 38.1 Å². The molecule has 2 unspecified atom stereocenters. The van der Waals surface area contributed by atoms with Crippen molar-refractivity contribution in [2.75, 3.05) is 0 Å². The second-order valence-corrected chi connectivity index (χ2v) is 9.83. The van der Waals surface area contributed by atoms with E-state index in [-0.39, 0.29) is 68.9 Å². The summed E-state index contributed by atoms with van der Waals surface area (Å²) in [6.45, 7) is 0. The van der Waals surface area contributed by atoms with E-state index in [0.29, 0.717) is 0 Å². The molecule has 0 aromatic carbocycles. The van der Waals surface area contributed by atoms with E-state index in [4.69, 9.17) is 9.11 Å². The first kappa shape index (κ1) is 32.0. The summed E-state index contributed by atoms with van der Waals surface area (Å²) in [7, 11) is -10.6. The Morgan fingerprint density at radius 2 is 1.06 bits per heavy atom. The van der Waals surface area contributed by atoms with Crippen molar-refractivity contribution in [2.45, 2.75) is 41.8 Å². The van der Waals surface area contributed by atoms with E-state index in [1.165, 1.54) is 0 Å². The number of aliphatic carboxylic acids is 2. The van der Waals surface area contributed by atoms with Gasteiger partial charge in [0.15, 0.2) is 10.5 Å². The molecule has 2 atom stereocenters. The summed E-state index contributed by atoms with van der Waals surface area (Å²) < 4.78 is 63.8. The minimum Gasteiger partial charge on any atom is -0.550 e. The summed E-state index contributed by atoms with van der Waals surface area (Å²) in [6, 6.07) is 0. The molecule has 0 bridgehead atoms. The topological polar surface area (TPSA) is 264 Å². The SMILES string of the molecule is O=C([O-])CC(CC(=O)[O-])(N1C(=O)CC(S(=O)(=O)O)C1=O)N1C(=O)CC(S(=O)(=O)O)C1=O.[Na+].[Na+]. The number of likely N-dealkylation sites (tertiary alicyclic amines) is 2. The van der Waals surface area contributed by atoms with Gasteiger partial charge in [0.1, 0.15) is 5.66 Å². The molecule has 2 aliphatic rings. The predicted molar refractivity (Wildman–Crippen MR) is 85.6 cm³/mol. The van der Waals surface area contributed by atoms with Crippen molar-refractivity contribution >= 4 is 55.8 Å².